The summed E-state index contributed by atoms with van der Waals surface area (Å²) in [5, 5.41) is 0.953. The predicted octanol–water partition coefficient (Wildman–Crippen LogP) is 4.11. The van der Waals surface area contributed by atoms with Crippen molar-refractivity contribution in [1.29, 1.82) is 0 Å². The molecule has 3 aromatic rings. The van der Waals surface area contributed by atoms with Gasteiger partial charge in [0.1, 0.15) is 5.01 Å². The second-order valence-corrected chi connectivity index (χ2v) is 6.03. The minimum atomic E-state index is -0.151. The minimum Gasteiger partial charge on any atom is -0.318 e. The number of rotatable bonds is 2. The van der Waals surface area contributed by atoms with Crippen LogP contribution in [0.4, 0.5) is 0 Å². The topological polar surface area (TPSA) is 38.9 Å². The van der Waals surface area contributed by atoms with E-state index in [9.17, 15) is 0 Å². The van der Waals surface area contributed by atoms with Crippen molar-refractivity contribution in [3.05, 3.63) is 63.6 Å². The molecule has 1 atom stereocenters. The van der Waals surface area contributed by atoms with E-state index in [0.29, 0.717) is 0 Å². The summed E-state index contributed by atoms with van der Waals surface area (Å²) in [5.74, 6) is 0. The Hall–Kier alpha value is -1.23. The average molecular weight is 319 g/mol. The van der Waals surface area contributed by atoms with Crippen LogP contribution in [0.5, 0.6) is 0 Å². The maximum atomic E-state index is 6.25. The Balaban J connectivity index is 2.04. The number of thiazole rings is 1. The summed E-state index contributed by atoms with van der Waals surface area (Å²) in [4.78, 5) is 4.61. The number of benzene rings is 2. The van der Waals surface area contributed by atoms with Gasteiger partial charge in [-0.1, -0.05) is 46.3 Å². The van der Waals surface area contributed by atoms with E-state index in [2.05, 4.69) is 27.0 Å². The lowest BCUT2D eigenvalue weighted by atomic mass is 10.1. The summed E-state index contributed by atoms with van der Waals surface area (Å²) in [6, 6.07) is 16.0. The molecule has 0 radical (unpaired) electrons. The molecule has 0 spiro atoms. The van der Waals surface area contributed by atoms with Crippen LogP contribution in [0.15, 0.2) is 53.0 Å². The van der Waals surface area contributed by atoms with E-state index in [-0.39, 0.29) is 6.04 Å². The number of nitrogens with zero attached hydrogens (tertiary/aromatic N) is 1. The number of fused-ring (bicyclic) bond motifs is 1. The Morgan fingerprint density at radius 3 is 2.67 bits per heavy atom. The number of nitrogens with two attached hydrogens (primary N) is 1. The van der Waals surface area contributed by atoms with Crippen molar-refractivity contribution < 1.29 is 0 Å². The standard InChI is InChI=1S/C14H11BrN2S/c15-10-6-7-12-11(8-10)17-14(18-12)13(16)9-4-2-1-3-5-9/h1-8,13H,16H2. The van der Waals surface area contributed by atoms with Gasteiger partial charge in [0, 0.05) is 4.47 Å². The highest BCUT2D eigenvalue weighted by atomic mass is 79.9. The van der Waals surface area contributed by atoms with Gasteiger partial charge in [0.15, 0.2) is 0 Å². The molecule has 4 heteroatoms. The van der Waals surface area contributed by atoms with Gasteiger partial charge in [-0.3, -0.25) is 0 Å². The van der Waals surface area contributed by atoms with Gasteiger partial charge in [0.25, 0.3) is 0 Å². The summed E-state index contributed by atoms with van der Waals surface area (Å²) in [5.41, 5.74) is 8.34. The Morgan fingerprint density at radius 2 is 1.89 bits per heavy atom. The molecular weight excluding hydrogens is 308 g/mol. The molecule has 0 bridgehead atoms. The molecule has 3 rings (SSSR count). The van der Waals surface area contributed by atoms with E-state index >= 15 is 0 Å². The first-order valence-electron chi connectivity index (χ1n) is 5.60. The SMILES string of the molecule is NC(c1ccccc1)c1nc2cc(Br)ccc2s1. The summed E-state index contributed by atoms with van der Waals surface area (Å²) in [6.45, 7) is 0. The molecule has 0 saturated heterocycles. The summed E-state index contributed by atoms with van der Waals surface area (Å²) in [6.07, 6.45) is 0. The molecule has 2 nitrogen and oxygen atoms in total. The minimum absolute atomic E-state index is 0.151. The van der Waals surface area contributed by atoms with E-state index in [0.717, 1.165) is 20.6 Å². The first kappa shape index (κ1) is 11.8. The lowest BCUT2D eigenvalue weighted by molar-refractivity contribution is 0.862. The lowest BCUT2D eigenvalue weighted by Gasteiger charge is -2.07. The van der Waals surface area contributed by atoms with Gasteiger partial charge in [-0.15, -0.1) is 11.3 Å². The molecule has 1 heterocycles. The van der Waals surface area contributed by atoms with Gasteiger partial charge in [-0.2, -0.15) is 0 Å². The molecule has 0 aliphatic carbocycles. The Labute approximate surface area is 118 Å². The average Bonchev–Trinajstić information content (AvgIpc) is 2.81. The van der Waals surface area contributed by atoms with Gasteiger partial charge in [0.2, 0.25) is 0 Å². The van der Waals surface area contributed by atoms with Crippen molar-refractivity contribution in [3.63, 3.8) is 0 Å². The van der Waals surface area contributed by atoms with Crippen LogP contribution in [0.3, 0.4) is 0 Å². The number of aromatic nitrogens is 1. The normalized spacial score (nSPS) is 12.8. The Kier molecular flexibility index (Phi) is 3.16. The van der Waals surface area contributed by atoms with Gasteiger partial charge >= 0.3 is 0 Å². The summed E-state index contributed by atoms with van der Waals surface area (Å²) in [7, 11) is 0. The van der Waals surface area contributed by atoms with Crippen LogP contribution in [0, 0.1) is 0 Å². The highest BCUT2D eigenvalue weighted by molar-refractivity contribution is 9.10. The zero-order valence-corrected chi connectivity index (χ0v) is 11.9. The van der Waals surface area contributed by atoms with E-state index in [1.165, 1.54) is 4.70 Å². The maximum absolute atomic E-state index is 6.25. The van der Waals surface area contributed by atoms with Crippen LogP contribution in [0.1, 0.15) is 16.6 Å². The third-order valence-electron chi connectivity index (χ3n) is 2.79. The monoisotopic (exact) mass is 318 g/mol. The third kappa shape index (κ3) is 2.19. The zero-order chi connectivity index (χ0) is 12.5. The molecule has 2 aromatic carbocycles. The quantitative estimate of drug-likeness (QED) is 0.772. The zero-order valence-electron chi connectivity index (χ0n) is 9.51. The van der Waals surface area contributed by atoms with E-state index in [1.807, 2.05) is 42.5 Å². The molecule has 0 amide bonds. The molecule has 1 aromatic heterocycles. The highest BCUT2D eigenvalue weighted by Gasteiger charge is 2.13. The fraction of sp³-hybridized carbons (Fsp3) is 0.0714. The fourth-order valence-electron chi connectivity index (χ4n) is 1.85. The fourth-order valence-corrected chi connectivity index (χ4v) is 3.18. The second-order valence-electron chi connectivity index (χ2n) is 4.05. The van der Waals surface area contributed by atoms with Gasteiger partial charge in [0.05, 0.1) is 16.3 Å². The molecule has 0 fully saturated rings. The maximum Gasteiger partial charge on any atom is 0.115 e. The number of hydrogen-bond donors (Lipinski definition) is 1. The van der Waals surface area contributed by atoms with Gasteiger partial charge in [-0.05, 0) is 23.8 Å². The lowest BCUT2D eigenvalue weighted by Crippen LogP contribution is -2.10. The van der Waals surface area contributed by atoms with Crippen LogP contribution >= 0.6 is 27.3 Å². The summed E-state index contributed by atoms with van der Waals surface area (Å²) < 4.78 is 2.21. The van der Waals surface area contributed by atoms with Crippen molar-refractivity contribution in [2.45, 2.75) is 6.04 Å². The Morgan fingerprint density at radius 1 is 1.11 bits per heavy atom. The second kappa shape index (κ2) is 4.80. The van der Waals surface area contributed by atoms with E-state index in [1.54, 1.807) is 11.3 Å². The van der Waals surface area contributed by atoms with Crippen LogP contribution in [-0.2, 0) is 0 Å². The van der Waals surface area contributed by atoms with Crippen molar-refractivity contribution in [2.75, 3.05) is 0 Å². The van der Waals surface area contributed by atoms with Crippen LogP contribution in [-0.4, -0.2) is 4.98 Å². The molecule has 90 valence electrons. The van der Waals surface area contributed by atoms with Crippen molar-refractivity contribution in [3.8, 4) is 0 Å². The smallest absolute Gasteiger partial charge is 0.115 e. The van der Waals surface area contributed by atoms with Crippen molar-refractivity contribution in [2.24, 2.45) is 5.73 Å². The van der Waals surface area contributed by atoms with E-state index in [4.69, 9.17) is 5.73 Å². The number of hydrogen-bond acceptors (Lipinski definition) is 3. The first-order valence-corrected chi connectivity index (χ1v) is 7.21. The summed E-state index contributed by atoms with van der Waals surface area (Å²) >= 11 is 5.11. The highest BCUT2D eigenvalue weighted by Crippen LogP contribution is 2.30. The van der Waals surface area contributed by atoms with Gasteiger partial charge in [-0.25, -0.2) is 4.98 Å². The molecule has 2 N–H and O–H groups in total. The van der Waals surface area contributed by atoms with Crippen LogP contribution in [0.2, 0.25) is 0 Å². The van der Waals surface area contributed by atoms with E-state index < -0.39 is 0 Å². The van der Waals surface area contributed by atoms with Crippen LogP contribution < -0.4 is 5.73 Å². The molecule has 0 aliphatic rings. The first-order chi connectivity index (χ1) is 8.74. The van der Waals surface area contributed by atoms with Crippen molar-refractivity contribution in [1.82, 2.24) is 4.98 Å². The molecule has 18 heavy (non-hydrogen) atoms. The van der Waals surface area contributed by atoms with Gasteiger partial charge < -0.3 is 5.73 Å². The molecular formula is C14H11BrN2S. The molecule has 0 saturated carbocycles. The predicted molar refractivity (Wildman–Crippen MR) is 79.8 cm³/mol. The molecule has 0 aliphatic heterocycles. The van der Waals surface area contributed by atoms with Crippen LogP contribution in [0.25, 0.3) is 10.2 Å². The Bertz CT molecular complexity index is 679. The largest absolute Gasteiger partial charge is 0.318 e. The van der Waals surface area contributed by atoms with Crippen molar-refractivity contribution >= 4 is 37.5 Å². The molecule has 1 unspecified atom stereocenters. The third-order valence-corrected chi connectivity index (χ3v) is 4.40. The number of halogens is 1.